The summed E-state index contributed by atoms with van der Waals surface area (Å²) in [5.41, 5.74) is 0.445. The summed E-state index contributed by atoms with van der Waals surface area (Å²) in [4.78, 5) is 23.9. The van der Waals surface area contributed by atoms with Crippen molar-refractivity contribution in [3.8, 4) is 0 Å². The Bertz CT molecular complexity index is 400. The molecule has 4 nitrogen and oxygen atoms in total. The average molecular weight is 310 g/mol. The van der Waals surface area contributed by atoms with Crippen LogP contribution in [0, 0.1) is 0 Å². The summed E-state index contributed by atoms with van der Waals surface area (Å²) in [7, 11) is 0. The predicted octanol–water partition coefficient (Wildman–Crippen LogP) is 4.06. The lowest BCUT2D eigenvalue weighted by Crippen LogP contribution is -2.37. The number of hydrogen-bond acceptors (Lipinski definition) is 4. The van der Waals surface area contributed by atoms with E-state index in [0.29, 0.717) is 12.0 Å². The maximum atomic E-state index is 12.1. The maximum Gasteiger partial charge on any atom is 0.337 e. The molecule has 4 heteroatoms. The summed E-state index contributed by atoms with van der Waals surface area (Å²) in [6.45, 7) is 4.26. The van der Waals surface area contributed by atoms with Crippen LogP contribution in [0.1, 0.15) is 84.5 Å². The molecule has 0 bridgehead atoms. The van der Waals surface area contributed by atoms with Crippen LogP contribution in [0.2, 0.25) is 0 Å². The second-order valence-electron chi connectivity index (χ2n) is 6.15. The lowest BCUT2D eigenvalue weighted by Gasteiger charge is -2.17. The molecule has 0 fully saturated rings. The fourth-order valence-electron chi connectivity index (χ4n) is 2.65. The number of ether oxygens (including phenoxy) is 1. The van der Waals surface area contributed by atoms with Crippen LogP contribution >= 0.6 is 0 Å². The van der Waals surface area contributed by atoms with E-state index in [0.717, 1.165) is 44.9 Å². The highest BCUT2D eigenvalue weighted by atomic mass is 16.7. The zero-order chi connectivity index (χ0) is 16.4. The number of aliphatic hydroxyl groups is 1. The van der Waals surface area contributed by atoms with Gasteiger partial charge in [-0.3, -0.25) is 4.79 Å². The molecule has 0 spiro atoms. The predicted molar refractivity (Wildman–Crippen MR) is 86.3 cm³/mol. The first-order valence-corrected chi connectivity index (χ1v) is 8.74. The van der Waals surface area contributed by atoms with E-state index in [1.54, 1.807) is 0 Å². The number of hydrogen-bond donors (Lipinski definition) is 1. The minimum absolute atomic E-state index is 0.254. The van der Waals surface area contributed by atoms with E-state index in [9.17, 15) is 14.7 Å². The largest absolute Gasteiger partial charge is 0.418 e. The summed E-state index contributed by atoms with van der Waals surface area (Å²) in [5.74, 6) is -2.96. The van der Waals surface area contributed by atoms with Crippen LogP contribution in [0.25, 0.3) is 0 Å². The van der Waals surface area contributed by atoms with Crippen molar-refractivity contribution in [1.82, 2.24) is 0 Å². The molecule has 0 saturated carbocycles. The van der Waals surface area contributed by atoms with Crippen LogP contribution in [0.3, 0.4) is 0 Å². The van der Waals surface area contributed by atoms with Gasteiger partial charge in [0.25, 0.3) is 5.79 Å². The van der Waals surface area contributed by atoms with Crippen LogP contribution in [-0.2, 0) is 14.3 Å². The van der Waals surface area contributed by atoms with Crippen LogP contribution < -0.4 is 0 Å². The lowest BCUT2D eigenvalue weighted by molar-refractivity contribution is -0.186. The zero-order valence-electron chi connectivity index (χ0n) is 14.0. The van der Waals surface area contributed by atoms with E-state index in [1.807, 2.05) is 0 Å². The zero-order valence-corrected chi connectivity index (χ0v) is 14.0. The van der Waals surface area contributed by atoms with Gasteiger partial charge in [0, 0.05) is 18.1 Å². The molecular weight excluding hydrogens is 280 g/mol. The van der Waals surface area contributed by atoms with Crippen molar-refractivity contribution < 1.29 is 19.4 Å². The number of rotatable bonds is 12. The Balaban J connectivity index is 2.42. The fourth-order valence-corrected chi connectivity index (χ4v) is 2.65. The Kier molecular flexibility index (Phi) is 8.39. The molecule has 1 heterocycles. The molecule has 1 rings (SSSR count). The molecule has 0 aliphatic carbocycles. The molecule has 0 amide bonds. The van der Waals surface area contributed by atoms with E-state index in [1.165, 1.54) is 18.9 Å². The highest BCUT2D eigenvalue weighted by Gasteiger charge is 2.43. The third-order valence-electron chi connectivity index (χ3n) is 4.09. The van der Waals surface area contributed by atoms with Crippen molar-refractivity contribution in [1.29, 1.82) is 0 Å². The fraction of sp³-hybridized carbons (Fsp3) is 0.778. The number of carbonyl (C=O) groups is 2. The maximum absolute atomic E-state index is 12.1. The van der Waals surface area contributed by atoms with Gasteiger partial charge in [-0.1, -0.05) is 58.8 Å². The van der Waals surface area contributed by atoms with E-state index in [-0.39, 0.29) is 6.42 Å². The van der Waals surface area contributed by atoms with Crippen molar-refractivity contribution in [3.63, 3.8) is 0 Å². The van der Waals surface area contributed by atoms with Gasteiger partial charge in [0.05, 0.1) is 0 Å². The molecule has 0 aromatic rings. The third kappa shape index (κ3) is 5.91. The van der Waals surface area contributed by atoms with Crippen LogP contribution in [0.15, 0.2) is 11.6 Å². The van der Waals surface area contributed by atoms with E-state index in [4.69, 9.17) is 4.74 Å². The molecule has 1 atom stereocenters. The first-order valence-electron chi connectivity index (χ1n) is 8.74. The minimum Gasteiger partial charge on any atom is -0.418 e. The molecule has 1 unspecified atom stereocenters. The van der Waals surface area contributed by atoms with Gasteiger partial charge < -0.3 is 9.84 Å². The van der Waals surface area contributed by atoms with Gasteiger partial charge in [-0.2, -0.15) is 0 Å². The molecule has 126 valence electrons. The summed E-state index contributed by atoms with van der Waals surface area (Å²) >= 11 is 0. The van der Waals surface area contributed by atoms with Crippen molar-refractivity contribution in [2.45, 2.75) is 90.3 Å². The first kappa shape index (κ1) is 18.9. The van der Waals surface area contributed by atoms with Gasteiger partial charge >= 0.3 is 5.97 Å². The molecule has 1 aliphatic heterocycles. The van der Waals surface area contributed by atoms with Gasteiger partial charge in [0.2, 0.25) is 5.78 Å². The number of ketones is 1. The number of Topliss-reactive ketones (excluding diaryl/α,β-unsaturated/α-hetero) is 1. The first-order chi connectivity index (χ1) is 10.5. The van der Waals surface area contributed by atoms with Gasteiger partial charge in [-0.25, -0.2) is 4.79 Å². The SMILES string of the molecule is CCCCCCCC1=CC(O)(C(=O)CCCCCC)OC1=O. The summed E-state index contributed by atoms with van der Waals surface area (Å²) in [6, 6.07) is 0. The van der Waals surface area contributed by atoms with E-state index < -0.39 is 17.5 Å². The monoisotopic (exact) mass is 310 g/mol. The number of cyclic esters (lactones) is 1. The molecule has 22 heavy (non-hydrogen) atoms. The van der Waals surface area contributed by atoms with E-state index in [2.05, 4.69) is 13.8 Å². The quantitative estimate of drug-likeness (QED) is 0.436. The number of carbonyl (C=O) groups excluding carboxylic acids is 2. The standard InChI is InChI=1S/C18H30O4/c1-3-5-7-9-10-12-15-14-18(21,22-17(15)20)16(19)13-11-8-6-4-2/h14,21H,3-13H2,1-2H3. The number of esters is 1. The summed E-state index contributed by atoms with van der Waals surface area (Å²) < 4.78 is 4.93. The smallest absolute Gasteiger partial charge is 0.337 e. The van der Waals surface area contributed by atoms with Crippen molar-refractivity contribution in [2.24, 2.45) is 0 Å². The van der Waals surface area contributed by atoms with Crippen LogP contribution in [-0.4, -0.2) is 22.6 Å². The second-order valence-corrected chi connectivity index (χ2v) is 6.15. The normalized spacial score (nSPS) is 20.9. The van der Waals surface area contributed by atoms with Crippen LogP contribution in [0.4, 0.5) is 0 Å². The van der Waals surface area contributed by atoms with Crippen LogP contribution in [0.5, 0.6) is 0 Å². The van der Waals surface area contributed by atoms with Gasteiger partial charge in [-0.15, -0.1) is 0 Å². The van der Waals surface area contributed by atoms with Gasteiger partial charge in [0.1, 0.15) is 0 Å². The summed E-state index contributed by atoms with van der Waals surface area (Å²) in [6.07, 6.45) is 11.5. The van der Waals surface area contributed by atoms with E-state index >= 15 is 0 Å². The van der Waals surface area contributed by atoms with Crippen molar-refractivity contribution >= 4 is 11.8 Å². The second kappa shape index (κ2) is 9.78. The topological polar surface area (TPSA) is 63.6 Å². The Morgan fingerprint density at radius 3 is 2.27 bits per heavy atom. The highest BCUT2D eigenvalue weighted by Crippen LogP contribution is 2.28. The average Bonchev–Trinajstić information content (AvgIpc) is 2.79. The molecule has 0 saturated heterocycles. The summed E-state index contributed by atoms with van der Waals surface area (Å²) in [5, 5.41) is 10.2. The Morgan fingerprint density at radius 1 is 1.05 bits per heavy atom. The Morgan fingerprint density at radius 2 is 1.64 bits per heavy atom. The minimum atomic E-state index is -2.01. The van der Waals surface area contributed by atoms with Crippen molar-refractivity contribution in [2.75, 3.05) is 0 Å². The highest BCUT2D eigenvalue weighted by molar-refractivity contribution is 5.99. The van der Waals surface area contributed by atoms with Gasteiger partial charge in [-0.05, 0) is 19.3 Å². The van der Waals surface area contributed by atoms with Gasteiger partial charge in [0.15, 0.2) is 0 Å². The lowest BCUT2D eigenvalue weighted by atomic mass is 10.0. The molecular formula is C18H30O4. The molecule has 1 aliphatic rings. The third-order valence-corrected chi connectivity index (χ3v) is 4.09. The molecule has 0 aromatic heterocycles. The molecule has 0 radical (unpaired) electrons. The van der Waals surface area contributed by atoms with Crippen molar-refractivity contribution in [3.05, 3.63) is 11.6 Å². The Labute approximate surface area is 133 Å². The molecule has 0 aromatic carbocycles. The Hall–Kier alpha value is -1.16. The number of unbranched alkanes of at least 4 members (excludes halogenated alkanes) is 7. The molecule has 1 N–H and O–H groups in total.